The lowest BCUT2D eigenvalue weighted by atomic mass is 9.98. The highest BCUT2D eigenvalue weighted by atomic mass is 32.2. The van der Waals surface area contributed by atoms with Gasteiger partial charge in [-0.3, -0.25) is 4.72 Å². The molecule has 0 radical (unpaired) electrons. The SMILES string of the molecule is COc1cc2nc(COc3ccc4c(-c5ccc(C(C)NS(N)(=O)=O)cc5)cc(Oc5ccc6c(NCc7ccc(NS(N)(=O)=O)cc7)ccnc6n5)nc4c3)cc(-c3ccc(CNS(N)(=O)=O)cc3)c2cn1. The number of hydrogen-bond acceptors (Lipinski definition) is 15. The third-order valence-corrected chi connectivity index (χ3v) is 13.1. The highest BCUT2D eigenvalue weighted by Crippen LogP contribution is 2.36. The van der Waals surface area contributed by atoms with Crippen molar-refractivity contribution in [1.29, 1.82) is 0 Å². The number of aromatic nitrogens is 5. The number of hydrogen-bond donors (Lipinski definition) is 7. The predicted molar refractivity (Wildman–Crippen MR) is 278 cm³/mol. The fraction of sp³-hybridized carbons (Fsp3) is 0.122. The van der Waals surface area contributed by atoms with Crippen LogP contribution in [0.5, 0.6) is 23.4 Å². The molecule has 73 heavy (non-hydrogen) atoms. The Hall–Kier alpha value is -7.94. The predicted octanol–water partition coefficient (Wildman–Crippen LogP) is 6.21. The number of fused-ring (bicyclic) bond motifs is 3. The molecule has 9 aromatic rings. The van der Waals surface area contributed by atoms with Gasteiger partial charge in [0.15, 0.2) is 5.65 Å². The van der Waals surface area contributed by atoms with Crippen LogP contribution in [0, 0.1) is 0 Å². The smallest absolute Gasteiger partial charge is 0.296 e. The molecule has 0 aliphatic heterocycles. The number of nitrogens with one attached hydrogen (secondary N) is 4. The Labute approximate surface area is 419 Å². The average Bonchev–Trinajstić information content (AvgIpc) is 3.35. The van der Waals surface area contributed by atoms with Gasteiger partial charge in [-0.25, -0.2) is 35.4 Å². The Kier molecular flexibility index (Phi) is 14.2. The van der Waals surface area contributed by atoms with Crippen LogP contribution in [0.2, 0.25) is 0 Å². The molecule has 5 heterocycles. The van der Waals surface area contributed by atoms with Crippen LogP contribution in [-0.4, -0.2) is 57.3 Å². The quantitative estimate of drug-likeness (QED) is 0.0473. The van der Waals surface area contributed by atoms with Crippen LogP contribution in [-0.2, 0) is 50.3 Å². The van der Waals surface area contributed by atoms with Crippen molar-refractivity contribution >= 4 is 74.8 Å². The van der Waals surface area contributed by atoms with E-state index >= 15 is 0 Å². The van der Waals surface area contributed by atoms with Gasteiger partial charge < -0.3 is 19.5 Å². The maximum Gasteiger partial charge on any atom is 0.296 e. The zero-order chi connectivity index (χ0) is 51.5. The average molecular weight is 1040 g/mol. The molecule has 4 aromatic carbocycles. The summed E-state index contributed by atoms with van der Waals surface area (Å²) in [7, 11) is -10.2. The van der Waals surface area contributed by atoms with E-state index in [1.54, 1.807) is 80.0 Å². The largest absolute Gasteiger partial charge is 0.487 e. The second-order valence-electron chi connectivity index (χ2n) is 16.6. The fourth-order valence-corrected chi connectivity index (χ4v) is 9.40. The van der Waals surface area contributed by atoms with Crippen molar-refractivity contribution < 1.29 is 39.5 Å². The minimum atomic E-state index is -3.95. The summed E-state index contributed by atoms with van der Waals surface area (Å²) in [6, 6.07) is 37.2. The second kappa shape index (κ2) is 20.7. The minimum Gasteiger partial charge on any atom is -0.487 e. The summed E-state index contributed by atoms with van der Waals surface area (Å²) in [4.78, 5) is 23.4. The van der Waals surface area contributed by atoms with Gasteiger partial charge in [-0.1, -0.05) is 60.7 Å². The maximum atomic E-state index is 11.8. The summed E-state index contributed by atoms with van der Waals surface area (Å²) in [5.41, 5.74) is 8.68. The Balaban J connectivity index is 1.01. The van der Waals surface area contributed by atoms with Gasteiger partial charge in [0.05, 0.1) is 23.8 Å². The van der Waals surface area contributed by atoms with Crippen LogP contribution in [0.15, 0.2) is 140 Å². The van der Waals surface area contributed by atoms with Crippen molar-refractivity contribution in [3.8, 4) is 45.6 Å². The summed E-state index contributed by atoms with van der Waals surface area (Å²) < 4.78 is 94.5. The molecular weight excluding hydrogens is 997 g/mol. The molecule has 0 amide bonds. The lowest BCUT2D eigenvalue weighted by Gasteiger charge is -2.15. The van der Waals surface area contributed by atoms with Gasteiger partial charge in [0.2, 0.25) is 17.6 Å². The van der Waals surface area contributed by atoms with Crippen molar-refractivity contribution in [2.24, 2.45) is 15.4 Å². The molecule has 0 bridgehead atoms. The Bertz CT molecular complexity index is 3880. The molecule has 5 aromatic heterocycles. The third kappa shape index (κ3) is 12.8. The van der Waals surface area contributed by atoms with E-state index in [4.69, 9.17) is 44.6 Å². The second-order valence-corrected chi connectivity index (χ2v) is 20.6. The monoisotopic (exact) mass is 1040 g/mol. The number of rotatable bonds is 19. The number of benzene rings is 4. The summed E-state index contributed by atoms with van der Waals surface area (Å²) in [5, 5.41) is 21.1. The Morgan fingerprint density at radius 1 is 0.603 bits per heavy atom. The lowest BCUT2D eigenvalue weighted by molar-refractivity contribution is 0.302. The van der Waals surface area contributed by atoms with Crippen LogP contribution in [0.1, 0.15) is 35.3 Å². The molecule has 0 saturated heterocycles. The summed E-state index contributed by atoms with van der Waals surface area (Å²) >= 11 is 0. The number of anilines is 2. The van der Waals surface area contributed by atoms with E-state index in [2.05, 4.69) is 29.5 Å². The van der Waals surface area contributed by atoms with Crippen LogP contribution in [0.4, 0.5) is 11.4 Å². The molecule has 0 saturated carbocycles. The van der Waals surface area contributed by atoms with Crippen molar-refractivity contribution in [3.05, 3.63) is 162 Å². The van der Waals surface area contributed by atoms with E-state index in [0.29, 0.717) is 57.4 Å². The molecule has 0 aliphatic carbocycles. The number of pyridine rings is 5. The van der Waals surface area contributed by atoms with Gasteiger partial charge in [0.25, 0.3) is 30.6 Å². The molecule has 24 heteroatoms. The van der Waals surface area contributed by atoms with Gasteiger partial charge in [0.1, 0.15) is 12.4 Å². The Morgan fingerprint density at radius 2 is 1.27 bits per heavy atom. The van der Waals surface area contributed by atoms with Crippen LogP contribution in [0.3, 0.4) is 0 Å². The first kappa shape index (κ1) is 50.0. The lowest BCUT2D eigenvalue weighted by Crippen LogP contribution is -2.32. The highest BCUT2D eigenvalue weighted by Gasteiger charge is 2.17. The fourth-order valence-electron chi connectivity index (χ4n) is 7.94. The number of nitrogens with zero attached hydrogens (tertiary/aromatic N) is 5. The van der Waals surface area contributed by atoms with E-state index < -0.39 is 36.7 Å². The van der Waals surface area contributed by atoms with E-state index in [-0.39, 0.29) is 24.9 Å². The first-order chi connectivity index (χ1) is 34.8. The first-order valence-corrected chi connectivity index (χ1v) is 26.7. The van der Waals surface area contributed by atoms with E-state index in [0.717, 1.165) is 49.7 Å². The summed E-state index contributed by atoms with van der Waals surface area (Å²) in [6.45, 7) is 2.19. The van der Waals surface area contributed by atoms with Crippen molar-refractivity contribution in [2.45, 2.75) is 32.7 Å². The summed E-state index contributed by atoms with van der Waals surface area (Å²) in [5.74, 6) is 1.29. The van der Waals surface area contributed by atoms with Gasteiger partial charge in [0, 0.05) is 83.3 Å². The molecule has 21 nitrogen and oxygen atoms in total. The van der Waals surface area contributed by atoms with Gasteiger partial charge >= 0.3 is 0 Å². The maximum absolute atomic E-state index is 11.8. The van der Waals surface area contributed by atoms with E-state index in [1.807, 2.05) is 66.7 Å². The molecule has 0 fully saturated rings. The van der Waals surface area contributed by atoms with Crippen molar-refractivity contribution in [2.75, 3.05) is 17.1 Å². The van der Waals surface area contributed by atoms with Crippen LogP contribution >= 0.6 is 0 Å². The molecule has 0 spiro atoms. The molecule has 10 N–H and O–H groups in total. The number of ether oxygens (including phenoxy) is 3. The Morgan fingerprint density at radius 3 is 1.97 bits per heavy atom. The van der Waals surface area contributed by atoms with Gasteiger partial charge in [-0.15, -0.1) is 0 Å². The van der Waals surface area contributed by atoms with E-state index in [1.165, 1.54) is 7.11 Å². The van der Waals surface area contributed by atoms with Crippen LogP contribution < -0.4 is 49.1 Å². The van der Waals surface area contributed by atoms with Crippen molar-refractivity contribution in [1.82, 2.24) is 34.4 Å². The minimum absolute atomic E-state index is 0.0295. The van der Waals surface area contributed by atoms with Gasteiger partial charge in [-0.2, -0.15) is 39.7 Å². The summed E-state index contributed by atoms with van der Waals surface area (Å²) in [6.07, 6.45) is 3.31. The third-order valence-electron chi connectivity index (χ3n) is 11.4. The molecule has 0 aliphatic rings. The molecular formula is C49H46N12O9S3. The standard InChI is InChI=1S/C49H46N12O9S3/c1-29(60-72(51,64)65)32-9-11-34(12-10-32)41-23-48(70-46-18-17-39-43(19-20-53-49(39)59-46)54-25-30-5-13-35(14-6-30)61-73(52,66)67)58-44-22-37(15-16-38(41)44)69-28-36-21-40(42-27-55-47(68-2)24-45(42)57-36)33-7-3-31(4-8-33)26-56-71(50,62)63/h3-24,27,29,56,60-61H,25-26,28H2,1-2H3,(H2,50,62,63)(H2,51,64,65)(H2,52,66,67)(H,53,54,59). The zero-order valence-corrected chi connectivity index (χ0v) is 41.3. The molecule has 1 atom stereocenters. The van der Waals surface area contributed by atoms with Crippen LogP contribution in [0.25, 0.3) is 55.1 Å². The highest BCUT2D eigenvalue weighted by molar-refractivity contribution is 7.90. The topological polar surface area (TPSA) is 321 Å². The normalized spacial score (nSPS) is 12.5. The van der Waals surface area contributed by atoms with E-state index in [9.17, 15) is 25.3 Å². The molecule has 1 unspecified atom stereocenters. The molecule has 9 rings (SSSR count). The zero-order valence-electron chi connectivity index (χ0n) is 38.8. The number of methoxy groups -OCH3 is 1. The first-order valence-electron chi connectivity index (χ1n) is 22.1. The van der Waals surface area contributed by atoms with Gasteiger partial charge in [-0.05, 0) is 88.3 Å². The molecule has 374 valence electrons. The number of nitrogens with two attached hydrogens (primary N) is 3. The van der Waals surface area contributed by atoms with Crippen molar-refractivity contribution in [3.63, 3.8) is 0 Å².